The van der Waals surface area contributed by atoms with Gasteiger partial charge in [-0.15, -0.1) is 24.8 Å². The van der Waals surface area contributed by atoms with Crippen LogP contribution in [-0.4, -0.2) is 10.2 Å². The molecule has 1 aromatic heterocycles. The number of fused-ring (bicyclic) bond motifs is 1. The van der Waals surface area contributed by atoms with E-state index >= 15 is 0 Å². The van der Waals surface area contributed by atoms with E-state index in [4.69, 9.17) is 5.73 Å². The number of nitrogens with zero attached hydrogens (tertiary/aromatic N) is 1. The van der Waals surface area contributed by atoms with Gasteiger partial charge < -0.3 is 5.73 Å². The predicted octanol–water partition coefficient (Wildman–Crippen LogP) is 3.66. The minimum absolute atomic E-state index is 0. The Hall–Kier alpha value is -1.71. The summed E-state index contributed by atoms with van der Waals surface area (Å²) in [6, 6.07) is 16.4. The van der Waals surface area contributed by atoms with Crippen LogP contribution in [0.15, 0.2) is 48.5 Å². The van der Waals surface area contributed by atoms with Crippen LogP contribution in [0.3, 0.4) is 0 Å². The average Bonchev–Trinajstić information content (AvgIpc) is 2.75. The molecule has 3 rings (SSSR count). The number of anilines is 1. The van der Waals surface area contributed by atoms with Crippen LogP contribution in [-0.2, 0) is 0 Å². The van der Waals surface area contributed by atoms with Crippen molar-refractivity contribution in [2.24, 2.45) is 0 Å². The van der Waals surface area contributed by atoms with Gasteiger partial charge in [0.2, 0.25) is 0 Å². The number of nitrogen functional groups attached to an aromatic ring is 1. The zero-order valence-electron chi connectivity index (χ0n) is 9.46. The van der Waals surface area contributed by atoms with Crippen molar-refractivity contribution in [2.45, 2.75) is 0 Å². The van der Waals surface area contributed by atoms with Gasteiger partial charge in [0.25, 0.3) is 0 Å². The molecule has 0 spiro atoms. The number of halogens is 2. The molecule has 5 heteroatoms. The van der Waals surface area contributed by atoms with Crippen molar-refractivity contribution in [3.63, 3.8) is 0 Å². The van der Waals surface area contributed by atoms with Crippen LogP contribution in [0.2, 0.25) is 0 Å². The van der Waals surface area contributed by atoms with Gasteiger partial charge in [-0.2, -0.15) is 5.10 Å². The van der Waals surface area contributed by atoms with Gasteiger partial charge in [-0.25, -0.2) is 0 Å². The standard InChI is InChI=1S/C13H11N3.2ClH/c14-13-8-12(15-16-13)11-6-5-9-3-1-2-4-10(9)7-11;;/h1-8H,(H3,14,15,16);2*1H. The molecule has 3 N–H and O–H groups in total. The highest BCUT2D eigenvalue weighted by molar-refractivity contribution is 5.87. The van der Waals surface area contributed by atoms with E-state index in [2.05, 4.69) is 40.5 Å². The summed E-state index contributed by atoms with van der Waals surface area (Å²) in [5, 5.41) is 9.29. The van der Waals surface area contributed by atoms with Gasteiger partial charge in [0.1, 0.15) is 5.82 Å². The second-order valence-electron chi connectivity index (χ2n) is 3.77. The largest absolute Gasteiger partial charge is 0.382 e. The quantitative estimate of drug-likeness (QED) is 0.715. The summed E-state index contributed by atoms with van der Waals surface area (Å²) in [6.45, 7) is 0. The summed E-state index contributed by atoms with van der Waals surface area (Å²) in [5.74, 6) is 0.517. The Kier molecular flexibility index (Phi) is 4.59. The minimum atomic E-state index is 0. The van der Waals surface area contributed by atoms with Gasteiger partial charge >= 0.3 is 0 Å². The summed E-state index contributed by atoms with van der Waals surface area (Å²) >= 11 is 0. The van der Waals surface area contributed by atoms with E-state index in [9.17, 15) is 0 Å². The molecule has 0 amide bonds. The van der Waals surface area contributed by atoms with Crippen LogP contribution >= 0.6 is 24.8 Å². The average molecular weight is 282 g/mol. The molecule has 0 atom stereocenters. The summed E-state index contributed by atoms with van der Waals surface area (Å²) in [4.78, 5) is 0. The fourth-order valence-corrected chi connectivity index (χ4v) is 1.84. The molecule has 1 heterocycles. The molecule has 3 nitrogen and oxygen atoms in total. The Balaban J connectivity index is 0.000000810. The maximum atomic E-state index is 5.59. The van der Waals surface area contributed by atoms with Crippen LogP contribution in [0.1, 0.15) is 0 Å². The third-order valence-electron chi connectivity index (χ3n) is 2.66. The predicted molar refractivity (Wildman–Crippen MR) is 80.4 cm³/mol. The fourth-order valence-electron chi connectivity index (χ4n) is 1.84. The second-order valence-corrected chi connectivity index (χ2v) is 3.77. The molecule has 0 saturated heterocycles. The smallest absolute Gasteiger partial charge is 0.145 e. The Morgan fingerprint density at radius 2 is 1.61 bits per heavy atom. The monoisotopic (exact) mass is 281 g/mol. The second kappa shape index (κ2) is 5.76. The number of aromatic nitrogens is 2. The molecular formula is C13H13Cl2N3. The first-order valence-corrected chi connectivity index (χ1v) is 5.13. The van der Waals surface area contributed by atoms with Crippen LogP contribution < -0.4 is 5.73 Å². The molecule has 0 radical (unpaired) electrons. The van der Waals surface area contributed by atoms with Crippen molar-refractivity contribution < 1.29 is 0 Å². The molecule has 0 aliphatic carbocycles. The van der Waals surface area contributed by atoms with Crippen LogP contribution in [0.4, 0.5) is 5.82 Å². The van der Waals surface area contributed by atoms with Crippen LogP contribution in [0.25, 0.3) is 22.0 Å². The Labute approximate surface area is 117 Å². The zero-order valence-corrected chi connectivity index (χ0v) is 11.1. The molecule has 0 unspecified atom stereocenters. The lowest BCUT2D eigenvalue weighted by molar-refractivity contribution is 1.10. The highest BCUT2D eigenvalue weighted by Crippen LogP contribution is 2.23. The number of H-pyrrole nitrogens is 1. The van der Waals surface area contributed by atoms with Gasteiger partial charge in [0.15, 0.2) is 0 Å². The number of hydrogen-bond donors (Lipinski definition) is 2. The Morgan fingerprint density at radius 1 is 0.889 bits per heavy atom. The van der Waals surface area contributed by atoms with E-state index in [0.717, 1.165) is 11.3 Å². The third kappa shape index (κ3) is 2.58. The van der Waals surface area contributed by atoms with Crippen molar-refractivity contribution in [1.29, 1.82) is 0 Å². The molecule has 0 aliphatic heterocycles. The van der Waals surface area contributed by atoms with E-state index in [-0.39, 0.29) is 24.8 Å². The number of hydrogen-bond acceptors (Lipinski definition) is 2. The highest BCUT2D eigenvalue weighted by atomic mass is 35.5. The highest BCUT2D eigenvalue weighted by Gasteiger charge is 2.02. The van der Waals surface area contributed by atoms with Gasteiger partial charge in [0, 0.05) is 11.6 Å². The summed E-state index contributed by atoms with van der Waals surface area (Å²) in [7, 11) is 0. The van der Waals surface area contributed by atoms with Crippen molar-refractivity contribution >= 4 is 41.4 Å². The lowest BCUT2D eigenvalue weighted by Gasteiger charge is -2.00. The zero-order chi connectivity index (χ0) is 11.0. The maximum absolute atomic E-state index is 5.59. The van der Waals surface area contributed by atoms with Gasteiger partial charge in [-0.1, -0.05) is 36.4 Å². The summed E-state index contributed by atoms with van der Waals surface area (Å²) in [6.07, 6.45) is 0. The maximum Gasteiger partial charge on any atom is 0.145 e. The van der Waals surface area contributed by atoms with Crippen molar-refractivity contribution in [3.8, 4) is 11.3 Å². The number of rotatable bonds is 1. The van der Waals surface area contributed by atoms with Gasteiger partial charge in [-0.05, 0) is 16.8 Å². The van der Waals surface area contributed by atoms with E-state index in [1.54, 1.807) is 0 Å². The first-order valence-electron chi connectivity index (χ1n) is 5.13. The molecule has 18 heavy (non-hydrogen) atoms. The fraction of sp³-hybridized carbons (Fsp3) is 0. The summed E-state index contributed by atoms with van der Waals surface area (Å²) < 4.78 is 0. The van der Waals surface area contributed by atoms with Crippen molar-refractivity contribution in [3.05, 3.63) is 48.5 Å². The Morgan fingerprint density at radius 3 is 2.28 bits per heavy atom. The lowest BCUT2D eigenvalue weighted by atomic mass is 10.1. The molecule has 94 valence electrons. The summed E-state index contributed by atoms with van der Waals surface area (Å²) in [5.41, 5.74) is 7.63. The van der Waals surface area contributed by atoms with Crippen LogP contribution in [0, 0.1) is 0 Å². The van der Waals surface area contributed by atoms with E-state index in [1.807, 2.05) is 18.2 Å². The number of nitrogens with two attached hydrogens (primary N) is 1. The molecule has 0 saturated carbocycles. The van der Waals surface area contributed by atoms with E-state index in [1.165, 1.54) is 10.8 Å². The van der Waals surface area contributed by atoms with Gasteiger partial charge in [-0.3, -0.25) is 5.10 Å². The minimum Gasteiger partial charge on any atom is -0.382 e. The first kappa shape index (κ1) is 14.4. The third-order valence-corrected chi connectivity index (χ3v) is 2.66. The number of aromatic amines is 1. The molecule has 0 aliphatic rings. The number of benzene rings is 2. The lowest BCUT2D eigenvalue weighted by Crippen LogP contribution is -1.81. The molecule has 0 fully saturated rings. The van der Waals surface area contributed by atoms with Crippen molar-refractivity contribution in [1.82, 2.24) is 10.2 Å². The SMILES string of the molecule is Cl.Cl.Nc1cc(-c2ccc3ccccc3c2)[nH]n1. The topological polar surface area (TPSA) is 54.7 Å². The van der Waals surface area contributed by atoms with Gasteiger partial charge in [0.05, 0.1) is 5.69 Å². The molecule has 3 aromatic rings. The number of nitrogens with one attached hydrogen (secondary N) is 1. The first-order chi connectivity index (χ1) is 7.83. The van der Waals surface area contributed by atoms with E-state index < -0.39 is 0 Å². The van der Waals surface area contributed by atoms with Crippen molar-refractivity contribution in [2.75, 3.05) is 5.73 Å². The van der Waals surface area contributed by atoms with Crippen LogP contribution in [0.5, 0.6) is 0 Å². The molecular weight excluding hydrogens is 269 g/mol. The molecule has 0 bridgehead atoms. The Bertz CT molecular complexity index is 649. The normalized spacial score (nSPS) is 9.56. The molecule has 2 aromatic carbocycles. The van der Waals surface area contributed by atoms with E-state index in [0.29, 0.717) is 5.82 Å².